The summed E-state index contributed by atoms with van der Waals surface area (Å²) in [6.07, 6.45) is 0. The van der Waals surface area contributed by atoms with E-state index in [0.29, 0.717) is 32.1 Å². The Morgan fingerprint density at radius 2 is 1.51 bits per heavy atom. The Balaban J connectivity index is 2.25. The predicted octanol–water partition coefficient (Wildman–Crippen LogP) is -0.361. The molecule has 2 amide bonds. The molecular formula is C24H37N3O8. The monoisotopic (exact) mass is 495 g/mol. The van der Waals surface area contributed by atoms with Crippen LogP contribution in [-0.2, 0) is 14.3 Å². The maximum Gasteiger partial charge on any atom is 0.260 e. The van der Waals surface area contributed by atoms with Crippen molar-refractivity contribution in [2.24, 2.45) is 0 Å². The van der Waals surface area contributed by atoms with Gasteiger partial charge in [0.15, 0.2) is 19.0 Å². The van der Waals surface area contributed by atoms with Gasteiger partial charge in [0.25, 0.3) is 11.8 Å². The minimum atomic E-state index is -0.842. The van der Waals surface area contributed by atoms with E-state index in [2.05, 4.69) is 0 Å². The lowest BCUT2D eigenvalue weighted by Crippen LogP contribution is -2.54. The van der Waals surface area contributed by atoms with E-state index in [4.69, 9.17) is 24.4 Å². The molecule has 1 fully saturated rings. The van der Waals surface area contributed by atoms with Crippen LogP contribution in [0, 0.1) is 0 Å². The van der Waals surface area contributed by atoms with Gasteiger partial charge < -0.3 is 34.2 Å². The number of carbonyl (C=O) groups is 3. The molecule has 0 aliphatic carbocycles. The number of carbonyl (C=O) groups excluding carboxylic acids is 3. The van der Waals surface area contributed by atoms with Crippen molar-refractivity contribution in [1.29, 1.82) is 0 Å². The summed E-state index contributed by atoms with van der Waals surface area (Å²) in [5.41, 5.74) is -0.555. The molecule has 0 atom stereocenters. The lowest BCUT2D eigenvalue weighted by molar-refractivity contribution is -0.133. The molecule has 11 nitrogen and oxygen atoms in total. The molecular weight excluding hydrogens is 458 g/mol. The van der Waals surface area contributed by atoms with Crippen LogP contribution in [0.1, 0.15) is 24.2 Å². The predicted molar refractivity (Wildman–Crippen MR) is 128 cm³/mol. The number of amides is 2. The summed E-state index contributed by atoms with van der Waals surface area (Å²) in [6.45, 7) is 5.39. The van der Waals surface area contributed by atoms with Gasteiger partial charge in [-0.1, -0.05) is 0 Å². The van der Waals surface area contributed by atoms with Crippen molar-refractivity contribution in [3.8, 4) is 11.5 Å². The fraction of sp³-hybridized carbons (Fsp3) is 0.625. The number of benzene rings is 1. The Morgan fingerprint density at radius 1 is 0.971 bits per heavy atom. The lowest BCUT2D eigenvalue weighted by atomic mass is 9.90. The van der Waals surface area contributed by atoms with Crippen molar-refractivity contribution in [2.45, 2.75) is 19.4 Å². The molecule has 0 saturated carbocycles. The first-order valence-corrected chi connectivity index (χ1v) is 11.6. The number of aliphatic hydroxyl groups is 2. The first-order chi connectivity index (χ1) is 16.6. The molecule has 0 aromatic heterocycles. The third-order valence-electron chi connectivity index (χ3n) is 5.99. The van der Waals surface area contributed by atoms with Crippen LogP contribution in [0.15, 0.2) is 18.2 Å². The number of morpholine rings is 1. The molecule has 0 unspecified atom stereocenters. The minimum Gasteiger partial charge on any atom is -0.484 e. The highest BCUT2D eigenvalue weighted by Crippen LogP contribution is 2.31. The molecule has 0 radical (unpaired) electrons. The fourth-order valence-corrected chi connectivity index (χ4v) is 3.55. The maximum absolute atomic E-state index is 13.6. The topological polar surface area (TPSA) is 129 Å². The number of likely N-dealkylation sites (N-methyl/N-ethyl adjacent to an activating group) is 2. The van der Waals surface area contributed by atoms with Crippen LogP contribution in [0.4, 0.5) is 0 Å². The summed E-state index contributed by atoms with van der Waals surface area (Å²) in [5, 5.41) is 18.0. The number of nitrogens with zero attached hydrogens (tertiary/aromatic N) is 3. The summed E-state index contributed by atoms with van der Waals surface area (Å²) >= 11 is 0. The second-order valence-electron chi connectivity index (χ2n) is 8.80. The highest BCUT2D eigenvalue weighted by atomic mass is 16.5. The molecule has 2 N–H and O–H groups in total. The van der Waals surface area contributed by atoms with Crippen LogP contribution in [0.5, 0.6) is 11.5 Å². The van der Waals surface area contributed by atoms with E-state index in [0.717, 1.165) is 0 Å². The fourth-order valence-electron chi connectivity index (χ4n) is 3.55. The second-order valence-corrected chi connectivity index (χ2v) is 8.80. The first kappa shape index (κ1) is 28.5. The van der Waals surface area contributed by atoms with Crippen LogP contribution >= 0.6 is 0 Å². The zero-order valence-electron chi connectivity index (χ0n) is 21.0. The number of aliphatic hydroxyl groups excluding tert-OH is 2. The average Bonchev–Trinajstić information content (AvgIpc) is 2.86. The van der Waals surface area contributed by atoms with Gasteiger partial charge in [-0.05, 0) is 26.0 Å². The smallest absolute Gasteiger partial charge is 0.260 e. The summed E-state index contributed by atoms with van der Waals surface area (Å²) in [4.78, 5) is 42.8. The highest BCUT2D eigenvalue weighted by molar-refractivity contribution is 6.05. The van der Waals surface area contributed by atoms with Crippen molar-refractivity contribution in [3.63, 3.8) is 0 Å². The van der Waals surface area contributed by atoms with Gasteiger partial charge in [0.05, 0.1) is 37.5 Å². The SMILES string of the molecule is CN(CCO)C(=O)COc1ccc(C(=O)C(C)(C)N2CCOCC2)c(OCC(=O)N(C)CCO)c1. The van der Waals surface area contributed by atoms with Crippen molar-refractivity contribution in [2.75, 3.05) is 79.9 Å². The Labute approximate surface area is 206 Å². The number of rotatable bonds is 13. The Hall–Kier alpha value is -2.73. The van der Waals surface area contributed by atoms with Gasteiger partial charge in [-0.3, -0.25) is 19.3 Å². The van der Waals surface area contributed by atoms with E-state index >= 15 is 0 Å². The summed E-state index contributed by atoms with van der Waals surface area (Å²) < 4.78 is 16.8. The van der Waals surface area contributed by atoms with Crippen molar-refractivity contribution >= 4 is 17.6 Å². The zero-order valence-corrected chi connectivity index (χ0v) is 21.0. The van der Waals surface area contributed by atoms with Gasteiger partial charge in [0.1, 0.15) is 11.5 Å². The Kier molecular flexibility index (Phi) is 10.9. The van der Waals surface area contributed by atoms with Crippen LogP contribution in [0.25, 0.3) is 0 Å². The quantitative estimate of drug-likeness (QED) is 0.353. The molecule has 1 saturated heterocycles. The van der Waals surface area contributed by atoms with E-state index in [1.165, 1.54) is 15.9 Å². The molecule has 2 rings (SSSR count). The summed E-state index contributed by atoms with van der Waals surface area (Å²) in [7, 11) is 3.10. The van der Waals surface area contributed by atoms with Crippen LogP contribution in [0.3, 0.4) is 0 Å². The average molecular weight is 496 g/mol. The zero-order chi connectivity index (χ0) is 26.0. The highest BCUT2D eigenvalue weighted by Gasteiger charge is 2.37. The maximum atomic E-state index is 13.6. The molecule has 1 aromatic carbocycles. The normalized spacial score (nSPS) is 14.3. The van der Waals surface area contributed by atoms with Crippen LogP contribution < -0.4 is 9.47 Å². The van der Waals surface area contributed by atoms with E-state index in [1.807, 2.05) is 18.7 Å². The molecule has 11 heteroatoms. The molecule has 1 heterocycles. The standard InChI is InChI=1S/C24H37N3O8/c1-24(2,27-9-13-33-14-10-27)23(32)19-6-5-18(34-16-21(30)25(3)7-11-28)15-20(19)35-17-22(31)26(4)8-12-29/h5-6,15,28-29H,7-14,16-17H2,1-4H3. The van der Waals surface area contributed by atoms with Gasteiger partial charge >= 0.3 is 0 Å². The van der Waals surface area contributed by atoms with Gasteiger partial charge in [-0.25, -0.2) is 0 Å². The molecule has 1 aliphatic rings. The van der Waals surface area contributed by atoms with E-state index in [9.17, 15) is 14.4 Å². The van der Waals surface area contributed by atoms with Gasteiger partial charge in [0.2, 0.25) is 0 Å². The molecule has 0 spiro atoms. The van der Waals surface area contributed by atoms with Gasteiger partial charge in [0, 0.05) is 46.3 Å². The van der Waals surface area contributed by atoms with Crippen LogP contribution in [0.2, 0.25) is 0 Å². The first-order valence-electron chi connectivity index (χ1n) is 11.6. The second kappa shape index (κ2) is 13.4. The number of hydrogen-bond acceptors (Lipinski definition) is 9. The van der Waals surface area contributed by atoms with E-state index < -0.39 is 5.54 Å². The third kappa shape index (κ3) is 7.89. The van der Waals surface area contributed by atoms with Crippen molar-refractivity contribution in [1.82, 2.24) is 14.7 Å². The number of hydrogen-bond donors (Lipinski definition) is 2. The number of ketones is 1. The molecule has 1 aromatic rings. The van der Waals surface area contributed by atoms with E-state index in [1.54, 1.807) is 26.2 Å². The Morgan fingerprint density at radius 3 is 2.06 bits per heavy atom. The van der Waals surface area contributed by atoms with Crippen molar-refractivity contribution < 1.29 is 38.8 Å². The summed E-state index contributed by atoms with van der Waals surface area (Å²) in [6, 6.07) is 4.63. The summed E-state index contributed by atoms with van der Waals surface area (Å²) in [5.74, 6) is -0.415. The molecule has 35 heavy (non-hydrogen) atoms. The third-order valence-corrected chi connectivity index (χ3v) is 5.99. The minimum absolute atomic E-state index is 0.157. The number of ether oxygens (including phenoxy) is 3. The lowest BCUT2D eigenvalue weighted by Gasteiger charge is -2.39. The molecule has 196 valence electrons. The number of Topliss-reactive ketones (excluding diaryl/α,β-unsaturated/α-hetero) is 1. The molecule has 0 bridgehead atoms. The van der Waals surface area contributed by atoms with Crippen molar-refractivity contribution in [3.05, 3.63) is 23.8 Å². The largest absolute Gasteiger partial charge is 0.484 e. The molecule has 1 aliphatic heterocycles. The van der Waals surface area contributed by atoms with Crippen LogP contribution in [-0.4, -0.2) is 128 Å². The van der Waals surface area contributed by atoms with Gasteiger partial charge in [-0.2, -0.15) is 0 Å². The van der Waals surface area contributed by atoms with Gasteiger partial charge in [-0.15, -0.1) is 0 Å². The van der Waals surface area contributed by atoms with E-state index in [-0.39, 0.29) is 68.4 Å². The Bertz CT molecular complexity index is 870.